The molecule has 0 bridgehead atoms. The summed E-state index contributed by atoms with van der Waals surface area (Å²) < 4.78 is 0.799. The van der Waals surface area contributed by atoms with E-state index in [1.807, 2.05) is 37.9 Å². The molecule has 84 valence electrons. The van der Waals surface area contributed by atoms with Crippen molar-refractivity contribution >= 4 is 28.7 Å². The molecular formula is C11H16ClNOS. The third-order valence-corrected chi connectivity index (χ3v) is 3.73. The van der Waals surface area contributed by atoms with E-state index in [9.17, 15) is 4.79 Å². The fourth-order valence-electron chi connectivity index (χ4n) is 1.36. The van der Waals surface area contributed by atoms with Gasteiger partial charge in [0.25, 0.3) is 0 Å². The van der Waals surface area contributed by atoms with Crippen molar-refractivity contribution in [3.8, 4) is 0 Å². The van der Waals surface area contributed by atoms with Crippen LogP contribution < -0.4 is 0 Å². The molecule has 0 saturated carbocycles. The van der Waals surface area contributed by atoms with Crippen molar-refractivity contribution in [1.82, 2.24) is 4.90 Å². The van der Waals surface area contributed by atoms with Crippen LogP contribution in [0.4, 0.5) is 0 Å². The van der Waals surface area contributed by atoms with Gasteiger partial charge in [0, 0.05) is 17.8 Å². The number of thiophene rings is 1. The highest BCUT2D eigenvalue weighted by molar-refractivity contribution is 7.16. The lowest BCUT2D eigenvalue weighted by Gasteiger charge is -2.22. The Morgan fingerprint density at radius 1 is 1.60 bits per heavy atom. The molecule has 0 aromatic carbocycles. The summed E-state index contributed by atoms with van der Waals surface area (Å²) in [6.07, 6.45) is 0.594. The van der Waals surface area contributed by atoms with E-state index in [0.717, 1.165) is 10.9 Å². The second kappa shape index (κ2) is 5.64. The zero-order valence-electron chi connectivity index (χ0n) is 9.29. The minimum absolute atomic E-state index is 0.0177. The van der Waals surface area contributed by atoms with Crippen LogP contribution in [0.25, 0.3) is 0 Å². The summed E-state index contributed by atoms with van der Waals surface area (Å²) in [5, 5.41) is 0. The molecule has 1 heterocycles. The van der Waals surface area contributed by atoms with Crippen molar-refractivity contribution in [2.75, 3.05) is 7.05 Å². The van der Waals surface area contributed by atoms with Crippen LogP contribution in [0.15, 0.2) is 12.1 Å². The Morgan fingerprint density at radius 2 is 2.27 bits per heavy atom. The summed E-state index contributed by atoms with van der Waals surface area (Å²) in [6, 6.07) is 3.88. The Hall–Kier alpha value is -0.380. The average molecular weight is 246 g/mol. The van der Waals surface area contributed by atoms with Crippen molar-refractivity contribution in [1.29, 1.82) is 0 Å². The number of carbonyl (C=O) groups is 1. The molecule has 0 aliphatic carbocycles. The topological polar surface area (TPSA) is 20.3 Å². The fraction of sp³-hybridized carbons (Fsp3) is 0.545. The second-order valence-electron chi connectivity index (χ2n) is 3.62. The standard InChI is InChI=1S/C11H16ClNOS/c1-4-10(14)8(2)13(3)7-9-5-6-11(12)15-9/h5-6,8H,4,7H2,1-3H3. The van der Waals surface area contributed by atoms with E-state index in [4.69, 9.17) is 11.6 Å². The Labute approximate surface area is 99.9 Å². The highest BCUT2D eigenvalue weighted by Crippen LogP contribution is 2.22. The molecule has 0 amide bonds. The third kappa shape index (κ3) is 3.59. The highest BCUT2D eigenvalue weighted by Gasteiger charge is 2.16. The maximum atomic E-state index is 11.5. The molecule has 1 aromatic rings. The molecule has 1 aromatic heterocycles. The lowest BCUT2D eigenvalue weighted by molar-refractivity contribution is -0.123. The zero-order chi connectivity index (χ0) is 11.4. The Balaban J connectivity index is 2.55. The molecule has 0 aliphatic rings. The van der Waals surface area contributed by atoms with Crippen molar-refractivity contribution in [3.63, 3.8) is 0 Å². The number of halogens is 1. The molecular weight excluding hydrogens is 230 g/mol. The van der Waals surface area contributed by atoms with Gasteiger partial charge >= 0.3 is 0 Å². The van der Waals surface area contributed by atoms with Crippen LogP contribution in [0.3, 0.4) is 0 Å². The molecule has 2 nitrogen and oxygen atoms in total. The summed E-state index contributed by atoms with van der Waals surface area (Å²) in [6.45, 7) is 4.63. The largest absolute Gasteiger partial charge is 0.298 e. The van der Waals surface area contributed by atoms with E-state index in [2.05, 4.69) is 0 Å². The number of likely N-dealkylation sites (N-methyl/N-ethyl adjacent to an activating group) is 1. The Kier molecular flexibility index (Phi) is 4.77. The average Bonchev–Trinajstić information content (AvgIpc) is 2.61. The van der Waals surface area contributed by atoms with E-state index < -0.39 is 0 Å². The lowest BCUT2D eigenvalue weighted by Crippen LogP contribution is -2.34. The summed E-state index contributed by atoms with van der Waals surface area (Å²) >= 11 is 7.41. The van der Waals surface area contributed by atoms with Crippen LogP contribution in [0, 0.1) is 0 Å². The van der Waals surface area contributed by atoms with Gasteiger partial charge in [-0.05, 0) is 26.1 Å². The molecule has 0 saturated heterocycles. The Bertz CT molecular complexity index is 337. The molecule has 0 N–H and O–H groups in total. The highest BCUT2D eigenvalue weighted by atomic mass is 35.5. The SMILES string of the molecule is CCC(=O)C(C)N(C)Cc1ccc(Cl)s1. The maximum Gasteiger partial charge on any atom is 0.149 e. The van der Waals surface area contributed by atoms with Gasteiger partial charge in [-0.25, -0.2) is 0 Å². The predicted octanol–water partition coefficient (Wildman–Crippen LogP) is 3.20. The van der Waals surface area contributed by atoms with Crippen molar-refractivity contribution in [2.45, 2.75) is 32.9 Å². The maximum absolute atomic E-state index is 11.5. The first-order valence-corrected chi connectivity index (χ1v) is 6.21. The molecule has 0 fully saturated rings. The minimum atomic E-state index is -0.0177. The molecule has 1 unspecified atom stereocenters. The van der Waals surface area contributed by atoms with Crippen LogP contribution in [-0.2, 0) is 11.3 Å². The van der Waals surface area contributed by atoms with Gasteiger partial charge in [0.05, 0.1) is 10.4 Å². The summed E-state index contributed by atoms with van der Waals surface area (Å²) in [7, 11) is 1.96. The first-order valence-electron chi connectivity index (χ1n) is 5.01. The van der Waals surface area contributed by atoms with Gasteiger partial charge in [0.2, 0.25) is 0 Å². The van der Waals surface area contributed by atoms with E-state index in [1.165, 1.54) is 4.88 Å². The first kappa shape index (κ1) is 12.7. The van der Waals surface area contributed by atoms with Gasteiger partial charge in [0.1, 0.15) is 5.78 Å². The van der Waals surface area contributed by atoms with Crippen LogP contribution >= 0.6 is 22.9 Å². The van der Waals surface area contributed by atoms with E-state index in [0.29, 0.717) is 6.42 Å². The van der Waals surface area contributed by atoms with Gasteiger partial charge in [-0.1, -0.05) is 18.5 Å². The number of hydrogen-bond donors (Lipinski definition) is 0. The summed E-state index contributed by atoms with van der Waals surface area (Å²) in [5.74, 6) is 0.278. The predicted molar refractivity (Wildman–Crippen MR) is 65.6 cm³/mol. The number of rotatable bonds is 5. The van der Waals surface area contributed by atoms with Crippen molar-refractivity contribution in [3.05, 3.63) is 21.3 Å². The number of Topliss-reactive ketones (excluding diaryl/α,β-unsaturated/α-hetero) is 1. The molecule has 0 aliphatic heterocycles. The number of nitrogens with zero attached hydrogens (tertiary/aromatic N) is 1. The summed E-state index contributed by atoms with van der Waals surface area (Å²) in [5.41, 5.74) is 0. The minimum Gasteiger partial charge on any atom is -0.298 e. The van der Waals surface area contributed by atoms with E-state index >= 15 is 0 Å². The van der Waals surface area contributed by atoms with E-state index in [-0.39, 0.29) is 11.8 Å². The van der Waals surface area contributed by atoms with Gasteiger partial charge < -0.3 is 0 Å². The Morgan fingerprint density at radius 3 is 2.73 bits per heavy atom. The molecule has 1 atom stereocenters. The molecule has 0 spiro atoms. The molecule has 1 rings (SSSR count). The molecule has 0 radical (unpaired) electrons. The van der Waals surface area contributed by atoms with Crippen LogP contribution in [-0.4, -0.2) is 23.8 Å². The first-order chi connectivity index (χ1) is 7.04. The second-order valence-corrected chi connectivity index (χ2v) is 5.42. The smallest absolute Gasteiger partial charge is 0.149 e. The fourth-order valence-corrected chi connectivity index (χ4v) is 2.51. The normalized spacial score (nSPS) is 13.1. The quantitative estimate of drug-likeness (QED) is 0.794. The van der Waals surface area contributed by atoms with Crippen molar-refractivity contribution < 1.29 is 4.79 Å². The van der Waals surface area contributed by atoms with Crippen LogP contribution in [0.2, 0.25) is 4.34 Å². The lowest BCUT2D eigenvalue weighted by atomic mass is 10.1. The van der Waals surface area contributed by atoms with Crippen molar-refractivity contribution in [2.24, 2.45) is 0 Å². The van der Waals surface area contributed by atoms with Crippen LogP contribution in [0.5, 0.6) is 0 Å². The summed E-state index contributed by atoms with van der Waals surface area (Å²) in [4.78, 5) is 14.7. The molecule has 4 heteroatoms. The monoisotopic (exact) mass is 245 g/mol. The van der Waals surface area contributed by atoms with Gasteiger partial charge in [-0.2, -0.15) is 0 Å². The van der Waals surface area contributed by atoms with E-state index in [1.54, 1.807) is 11.3 Å². The van der Waals surface area contributed by atoms with Gasteiger partial charge in [-0.3, -0.25) is 9.69 Å². The van der Waals surface area contributed by atoms with Gasteiger partial charge in [-0.15, -0.1) is 11.3 Å². The molecule has 15 heavy (non-hydrogen) atoms. The number of carbonyl (C=O) groups excluding carboxylic acids is 1. The van der Waals surface area contributed by atoms with Gasteiger partial charge in [0.15, 0.2) is 0 Å². The third-order valence-electron chi connectivity index (χ3n) is 2.51. The number of ketones is 1. The number of hydrogen-bond acceptors (Lipinski definition) is 3. The zero-order valence-corrected chi connectivity index (χ0v) is 10.9. The van der Waals surface area contributed by atoms with Crippen LogP contribution in [0.1, 0.15) is 25.1 Å².